The summed E-state index contributed by atoms with van der Waals surface area (Å²) in [5, 5.41) is 13.0. The van der Waals surface area contributed by atoms with E-state index in [-0.39, 0.29) is 5.92 Å². The van der Waals surface area contributed by atoms with Gasteiger partial charge in [-0.2, -0.15) is 0 Å². The van der Waals surface area contributed by atoms with Gasteiger partial charge in [-0.1, -0.05) is 20.8 Å². The minimum absolute atomic E-state index is 0.164. The molecule has 1 aromatic heterocycles. The van der Waals surface area contributed by atoms with Crippen LogP contribution in [0.3, 0.4) is 0 Å². The molecular weight excluding hydrogens is 348 g/mol. The zero-order valence-electron chi connectivity index (χ0n) is 17.5. The molecule has 0 radical (unpaired) electrons. The SMILES string of the molecule is CCN(CC)CCCC(C)C1(N)NC=CC(=N)N1c1ccc2[nH]c(C)cc2c1. The maximum absolute atomic E-state index is 8.55. The van der Waals surface area contributed by atoms with Crippen LogP contribution in [0, 0.1) is 18.3 Å². The van der Waals surface area contributed by atoms with E-state index < -0.39 is 5.79 Å². The molecule has 0 saturated heterocycles. The first-order valence-electron chi connectivity index (χ1n) is 10.3. The van der Waals surface area contributed by atoms with Crippen molar-refractivity contribution in [1.29, 1.82) is 5.41 Å². The Kier molecular flexibility index (Phi) is 6.10. The number of aryl methyl sites for hydroxylation is 1. The van der Waals surface area contributed by atoms with Gasteiger partial charge in [-0.05, 0) is 69.7 Å². The monoisotopic (exact) mass is 382 g/mol. The predicted molar refractivity (Wildman–Crippen MR) is 119 cm³/mol. The predicted octanol–water partition coefficient (Wildman–Crippen LogP) is 3.75. The second-order valence-electron chi connectivity index (χ2n) is 7.82. The van der Waals surface area contributed by atoms with Crippen LogP contribution in [0.2, 0.25) is 0 Å². The number of aromatic nitrogens is 1. The third kappa shape index (κ3) is 3.93. The number of fused-ring (bicyclic) bond motifs is 1. The average molecular weight is 383 g/mol. The molecular formula is C22H34N6. The summed E-state index contributed by atoms with van der Waals surface area (Å²) >= 11 is 0. The van der Waals surface area contributed by atoms with E-state index >= 15 is 0 Å². The lowest BCUT2D eigenvalue weighted by Crippen LogP contribution is -2.71. The lowest BCUT2D eigenvalue weighted by molar-refractivity contribution is 0.226. The van der Waals surface area contributed by atoms with Crippen molar-refractivity contribution >= 4 is 22.4 Å². The zero-order valence-corrected chi connectivity index (χ0v) is 17.5. The van der Waals surface area contributed by atoms with Crippen LogP contribution in [-0.4, -0.2) is 41.1 Å². The van der Waals surface area contributed by atoms with Crippen LogP contribution >= 0.6 is 0 Å². The molecule has 0 bridgehead atoms. The van der Waals surface area contributed by atoms with Crippen LogP contribution in [0.15, 0.2) is 36.5 Å². The molecule has 2 unspecified atom stereocenters. The van der Waals surface area contributed by atoms with E-state index in [0.717, 1.165) is 54.8 Å². The van der Waals surface area contributed by atoms with Crippen molar-refractivity contribution in [2.24, 2.45) is 11.7 Å². The summed E-state index contributed by atoms with van der Waals surface area (Å²) in [4.78, 5) is 7.72. The zero-order chi connectivity index (χ0) is 20.3. The highest BCUT2D eigenvalue weighted by Gasteiger charge is 2.41. The van der Waals surface area contributed by atoms with Gasteiger partial charge in [-0.25, -0.2) is 0 Å². The first kappa shape index (κ1) is 20.4. The van der Waals surface area contributed by atoms with Crippen LogP contribution in [0.25, 0.3) is 10.9 Å². The molecule has 3 rings (SSSR count). The first-order chi connectivity index (χ1) is 13.4. The van der Waals surface area contributed by atoms with Crippen molar-refractivity contribution in [3.8, 4) is 0 Å². The Hall–Kier alpha value is -2.31. The van der Waals surface area contributed by atoms with Crippen molar-refractivity contribution in [3.63, 3.8) is 0 Å². The fraction of sp³-hybridized carbons (Fsp3) is 0.500. The lowest BCUT2D eigenvalue weighted by Gasteiger charge is -2.48. The van der Waals surface area contributed by atoms with Gasteiger partial charge in [-0.3, -0.25) is 16.0 Å². The van der Waals surface area contributed by atoms with E-state index in [1.807, 2.05) is 11.0 Å². The van der Waals surface area contributed by atoms with Gasteiger partial charge in [0.2, 0.25) is 0 Å². The van der Waals surface area contributed by atoms with Crippen LogP contribution in [-0.2, 0) is 0 Å². The normalized spacial score (nSPS) is 20.8. The van der Waals surface area contributed by atoms with E-state index in [1.165, 1.54) is 0 Å². The molecule has 1 aliphatic rings. The van der Waals surface area contributed by atoms with Crippen molar-refractivity contribution in [2.45, 2.75) is 46.3 Å². The molecule has 0 amide bonds. The molecule has 2 aromatic rings. The number of nitrogens with one attached hydrogen (secondary N) is 3. The van der Waals surface area contributed by atoms with Crippen molar-refractivity contribution in [2.75, 3.05) is 24.5 Å². The standard InChI is InChI=1S/C22H34N6/c1-5-27(6-2)13-7-8-16(3)22(24)25-12-11-21(23)28(22)19-9-10-20-18(15-19)14-17(4)26-20/h9-12,14-16,23,25-26H,5-8,13,24H2,1-4H3. The molecule has 0 aliphatic carbocycles. The smallest absolute Gasteiger partial charge is 0.171 e. The van der Waals surface area contributed by atoms with E-state index in [2.05, 4.69) is 61.1 Å². The number of H-pyrrole nitrogens is 1. The van der Waals surface area contributed by atoms with Crippen LogP contribution < -0.4 is 16.0 Å². The van der Waals surface area contributed by atoms with Crippen molar-refractivity contribution in [1.82, 2.24) is 15.2 Å². The Bertz CT molecular complexity index is 850. The molecule has 152 valence electrons. The second kappa shape index (κ2) is 8.37. The molecule has 5 N–H and O–H groups in total. The van der Waals surface area contributed by atoms with Gasteiger partial charge in [-0.15, -0.1) is 0 Å². The number of benzene rings is 1. The quantitative estimate of drug-likeness (QED) is 0.560. The Morgan fingerprint density at radius 3 is 2.71 bits per heavy atom. The average Bonchev–Trinajstić information content (AvgIpc) is 3.04. The fourth-order valence-electron chi connectivity index (χ4n) is 4.09. The van der Waals surface area contributed by atoms with E-state index in [9.17, 15) is 0 Å². The maximum atomic E-state index is 8.55. The molecule has 0 spiro atoms. The number of nitrogens with two attached hydrogens (primary N) is 1. The summed E-state index contributed by atoms with van der Waals surface area (Å²) in [5.41, 5.74) is 10.1. The Balaban J connectivity index is 1.84. The van der Waals surface area contributed by atoms with Gasteiger partial charge < -0.3 is 15.2 Å². The van der Waals surface area contributed by atoms with Crippen LogP contribution in [0.5, 0.6) is 0 Å². The number of nitrogens with zero attached hydrogens (tertiary/aromatic N) is 2. The largest absolute Gasteiger partial charge is 0.359 e. The summed E-state index contributed by atoms with van der Waals surface area (Å²) in [6.07, 6.45) is 5.65. The summed E-state index contributed by atoms with van der Waals surface area (Å²) < 4.78 is 0. The Labute approximate surface area is 168 Å². The van der Waals surface area contributed by atoms with Gasteiger partial charge in [0.25, 0.3) is 0 Å². The molecule has 6 heteroatoms. The molecule has 2 heterocycles. The van der Waals surface area contributed by atoms with Crippen molar-refractivity contribution < 1.29 is 0 Å². The third-order valence-electron chi connectivity index (χ3n) is 5.92. The van der Waals surface area contributed by atoms with E-state index in [4.69, 9.17) is 11.1 Å². The number of rotatable bonds is 8. The highest BCUT2D eigenvalue weighted by atomic mass is 15.4. The minimum Gasteiger partial charge on any atom is -0.359 e. The number of aromatic amines is 1. The summed E-state index contributed by atoms with van der Waals surface area (Å²) in [6, 6.07) is 8.34. The molecule has 0 fully saturated rings. The number of hydrogen-bond donors (Lipinski definition) is 4. The van der Waals surface area contributed by atoms with Crippen LogP contribution in [0.4, 0.5) is 5.69 Å². The van der Waals surface area contributed by atoms with Gasteiger partial charge >= 0.3 is 0 Å². The maximum Gasteiger partial charge on any atom is 0.171 e. The Morgan fingerprint density at radius 2 is 2.00 bits per heavy atom. The fourth-order valence-corrected chi connectivity index (χ4v) is 4.09. The third-order valence-corrected chi connectivity index (χ3v) is 5.92. The van der Waals surface area contributed by atoms with Gasteiger partial charge in [0, 0.05) is 34.4 Å². The second-order valence-corrected chi connectivity index (χ2v) is 7.82. The number of hydrogen-bond acceptors (Lipinski definition) is 4. The highest BCUT2D eigenvalue weighted by molar-refractivity contribution is 6.06. The topological polar surface area (TPSA) is 84.2 Å². The highest BCUT2D eigenvalue weighted by Crippen LogP contribution is 2.32. The number of amidine groups is 1. The lowest BCUT2D eigenvalue weighted by atomic mass is 9.93. The van der Waals surface area contributed by atoms with Crippen molar-refractivity contribution in [3.05, 3.63) is 42.2 Å². The van der Waals surface area contributed by atoms with Gasteiger partial charge in [0.15, 0.2) is 5.79 Å². The molecule has 28 heavy (non-hydrogen) atoms. The first-order valence-corrected chi connectivity index (χ1v) is 10.3. The summed E-state index contributed by atoms with van der Waals surface area (Å²) in [5.74, 6) is -0.255. The van der Waals surface area contributed by atoms with Gasteiger partial charge in [0.1, 0.15) is 5.84 Å². The van der Waals surface area contributed by atoms with E-state index in [0.29, 0.717) is 5.84 Å². The molecule has 1 aromatic carbocycles. The molecule has 1 aliphatic heterocycles. The Morgan fingerprint density at radius 1 is 1.25 bits per heavy atom. The molecule has 2 atom stereocenters. The minimum atomic E-state index is -0.825. The molecule has 6 nitrogen and oxygen atoms in total. The summed E-state index contributed by atoms with van der Waals surface area (Å²) in [6.45, 7) is 11.9. The summed E-state index contributed by atoms with van der Waals surface area (Å²) in [7, 11) is 0. The van der Waals surface area contributed by atoms with E-state index in [1.54, 1.807) is 12.3 Å². The van der Waals surface area contributed by atoms with Crippen LogP contribution in [0.1, 0.15) is 39.3 Å². The van der Waals surface area contributed by atoms with Gasteiger partial charge in [0.05, 0.1) is 0 Å². The molecule has 0 saturated carbocycles. The number of anilines is 1.